The molecule has 1 N–H and O–H groups in total. The van der Waals surface area contributed by atoms with Crippen LogP contribution in [0, 0.1) is 0 Å². The van der Waals surface area contributed by atoms with Crippen molar-refractivity contribution in [1.29, 1.82) is 0 Å². The first-order valence-electron chi connectivity index (χ1n) is 6.15. The van der Waals surface area contributed by atoms with Crippen LogP contribution < -0.4 is 0 Å². The molecule has 19 heavy (non-hydrogen) atoms. The summed E-state index contributed by atoms with van der Waals surface area (Å²) in [7, 11) is 1.61. The first kappa shape index (κ1) is 15.0. The summed E-state index contributed by atoms with van der Waals surface area (Å²) in [4.78, 5) is 0. The highest BCUT2D eigenvalue weighted by Crippen LogP contribution is 2.21. The molecule has 0 fully saturated rings. The van der Waals surface area contributed by atoms with Crippen molar-refractivity contribution in [3.8, 4) is 0 Å². The van der Waals surface area contributed by atoms with Gasteiger partial charge in [0, 0.05) is 0 Å². The van der Waals surface area contributed by atoms with Crippen LogP contribution in [0.3, 0.4) is 0 Å². The lowest BCUT2D eigenvalue weighted by Crippen LogP contribution is -2.17. The van der Waals surface area contributed by atoms with E-state index in [1.165, 1.54) is 0 Å². The number of hydrogen-bond acceptors (Lipinski definition) is 2. The Hall–Kier alpha value is -2.06. The van der Waals surface area contributed by atoms with Gasteiger partial charge >= 0.3 is 0 Å². The van der Waals surface area contributed by atoms with E-state index in [2.05, 4.69) is 0 Å². The summed E-state index contributed by atoms with van der Waals surface area (Å²) in [6, 6.07) is 9.57. The fourth-order valence-electron chi connectivity index (χ4n) is 1.50. The van der Waals surface area contributed by atoms with E-state index in [1.54, 1.807) is 32.4 Å². The highest BCUT2D eigenvalue weighted by atomic mass is 16.5. The van der Waals surface area contributed by atoms with Gasteiger partial charge < -0.3 is 9.84 Å². The molecule has 2 heteroatoms. The van der Waals surface area contributed by atoms with Gasteiger partial charge in [0.15, 0.2) is 0 Å². The lowest BCUT2D eigenvalue weighted by Gasteiger charge is -2.18. The summed E-state index contributed by atoms with van der Waals surface area (Å²) in [6.45, 7) is 1.77. The Morgan fingerprint density at radius 1 is 0.947 bits per heavy atom. The van der Waals surface area contributed by atoms with Crippen molar-refractivity contribution in [3.63, 3.8) is 0 Å². The quantitative estimate of drug-likeness (QED) is 0.621. The lowest BCUT2D eigenvalue weighted by atomic mass is 9.96. The number of aliphatic hydroxyl groups is 1. The van der Waals surface area contributed by atoms with Crippen LogP contribution in [0.1, 0.15) is 12.5 Å². The maximum absolute atomic E-state index is 10.3. The van der Waals surface area contributed by atoms with Crippen LogP contribution in [0.2, 0.25) is 0 Å². The summed E-state index contributed by atoms with van der Waals surface area (Å²) >= 11 is 0. The molecule has 0 aliphatic carbocycles. The van der Waals surface area contributed by atoms with Crippen molar-refractivity contribution < 1.29 is 9.84 Å². The maximum Gasteiger partial charge on any atom is 0.105 e. The van der Waals surface area contributed by atoms with Crippen molar-refractivity contribution in [1.82, 2.24) is 0 Å². The predicted molar refractivity (Wildman–Crippen MR) is 79.6 cm³/mol. The van der Waals surface area contributed by atoms with Crippen molar-refractivity contribution in [2.45, 2.75) is 12.5 Å². The van der Waals surface area contributed by atoms with Crippen LogP contribution in [-0.4, -0.2) is 12.2 Å². The van der Waals surface area contributed by atoms with Crippen molar-refractivity contribution in [2.24, 2.45) is 0 Å². The molecule has 1 rings (SSSR count). The molecule has 1 unspecified atom stereocenters. The van der Waals surface area contributed by atoms with Gasteiger partial charge in [0.2, 0.25) is 0 Å². The van der Waals surface area contributed by atoms with Crippen LogP contribution in [0.5, 0.6) is 0 Å². The molecule has 1 atom stereocenters. The third kappa shape index (κ3) is 5.89. The van der Waals surface area contributed by atoms with E-state index in [1.807, 2.05) is 60.7 Å². The predicted octanol–water partition coefficient (Wildman–Crippen LogP) is 3.72. The van der Waals surface area contributed by atoms with E-state index < -0.39 is 5.60 Å². The Balaban J connectivity index is 2.54. The Bertz CT molecular complexity index is 465. The molecule has 0 saturated carbocycles. The second kappa shape index (κ2) is 8.11. The minimum atomic E-state index is -0.953. The van der Waals surface area contributed by atoms with Crippen LogP contribution in [0.25, 0.3) is 0 Å². The van der Waals surface area contributed by atoms with E-state index in [0.717, 1.165) is 5.56 Å². The second-order valence-corrected chi connectivity index (χ2v) is 4.21. The van der Waals surface area contributed by atoms with E-state index in [9.17, 15) is 5.11 Å². The minimum Gasteiger partial charge on any atom is -0.504 e. The van der Waals surface area contributed by atoms with Gasteiger partial charge in [0.1, 0.15) is 5.60 Å². The molecule has 0 saturated heterocycles. The van der Waals surface area contributed by atoms with Gasteiger partial charge in [0.05, 0.1) is 13.4 Å². The minimum absolute atomic E-state index is 0.873. The molecule has 0 heterocycles. The van der Waals surface area contributed by atoms with Crippen molar-refractivity contribution >= 4 is 0 Å². The zero-order chi connectivity index (χ0) is 14.0. The first-order chi connectivity index (χ1) is 9.17. The summed E-state index contributed by atoms with van der Waals surface area (Å²) < 4.78 is 4.76. The third-order valence-corrected chi connectivity index (χ3v) is 2.55. The zero-order valence-electron chi connectivity index (χ0n) is 11.4. The molecule has 0 bridgehead atoms. The molecule has 1 aromatic rings. The monoisotopic (exact) mass is 256 g/mol. The van der Waals surface area contributed by atoms with Gasteiger partial charge in [0.25, 0.3) is 0 Å². The summed E-state index contributed by atoms with van der Waals surface area (Å²) in [5.74, 6) is 0. The van der Waals surface area contributed by atoms with Crippen LogP contribution in [-0.2, 0) is 10.3 Å². The molecule has 0 aliphatic rings. The number of allylic oxidation sites excluding steroid dienone is 6. The number of hydrogen-bond donors (Lipinski definition) is 1. The van der Waals surface area contributed by atoms with E-state index in [4.69, 9.17) is 4.74 Å². The molecule has 0 amide bonds. The molecule has 2 nitrogen and oxygen atoms in total. The molecule has 0 radical (unpaired) electrons. The van der Waals surface area contributed by atoms with Gasteiger partial charge in [-0.05, 0) is 24.6 Å². The Morgan fingerprint density at radius 2 is 1.53 bits per heavy atom. The molecule has 0 spiro atoms. The summed E-state index contributed by atoms with van der Waals surface area (Å²) in [5.41, 5.74) is -0.0798. The topological polar surface area (TPSA) is 29.5 Å². The van der Waals surface area contributed by atoms with Gasteiger partial charge in [-0.15, -0.1) is 0 Å². The van der Waals surface area contributed by atoms with Gasteiger partial charge in [-0.2, -0.15) is 0 Å². The van der Waals surface area contributed by atoms with Crippen LogP contribution in [0.4, 0.5) is 0 Å². The third-order valence-electron chi connectivity index (χ3n) is 2.55. The van der Waals surface area contributed by atoms with Crippen LogP contribution in [0.15, 0.2) is 79.1 Å². The average molecular weight is 256 g/mol. The lowest BCUT2D eigenvalue weighted by molar-refractivity contribution is 0.111. The fourth-order valence-corrected chi connectivity index (χ4v) is 1.50. The Labute approximate surface area is 115 Å². The number of rotatable bonds is 6. The van der Waals surface area contributed by atoms with E-state index in [0.29, 0.717) is 0 Å². The van der Waals surface area contributed by atoms with E-state index >= 15 is 0 Å². The molecule has 0 aromatic heterocycles. The highest BCUT2D eigenvalue weighted by Gasteiger charge is 2.17. The van der Waals surface area contributed by atoms with Crippen LogP contribution >= 0.6 is 0 Å². The standard InChI is InChI=1S/C17H20O2/c1-17(18,16-12-8-7-9-13-16)14-10-5-3-4-6-11-15-19-2/h3-15,18H,1-2H3/b5-3+,6-4+,14-10+,15-11+. The first-order valence-corrected chi connectivity index (χ1v) is 6.15. The molecule has 0 aliphatic heterocycles. The number of ether oxygens (including phenoxy) is 1. The van der Waals surface area contributed by atoms with Gasteiger partial charge in [-0.3, -0.25) is 0 Å². The second-order valence-electron chi connectivity index (χ2n) is 4.21. The van der Waals surface area contributed by atoms with Crippen molar-refractivity contribution in [2.75, 3.05) is 7.11 Å². The molecule has 1 aromatic carbocycles. The molecular weight excluding hydrogens is 236 g/mol. The summed E-state index contributed by atoms with van der Waals surface area (Å²) in [5, 5.41) is 10.3. The fraction of sp³-hybridized carbons (Fsp3) is 0.176. The average Bonchev–Trinajstić information content (AvgIpc) is 2.43. The van der Waals surface area contributed by atoms with Gasteiger partial charge in [-0.25, -0.2) is 0 Å². The summed E-state index contributed by atoms with van der Waals surface area (Å²) in [6.07, 6.45) is 14.5. The number of benzene rings is 1. The Morgan fingerprint density at radius 3 is 2.16 bits per heavy atom. The normalized spacial score (nSPS) is 15.7. The SMILES string of the molecule is CO/C=C/C=C/C=C/C=C/C(C)(O)c1ccccc1. The van der Waals surface area contributed by atoms with E-state index in [-0.39, 0.29) is 0 Å². The molecular formula is C17H20O2. The van der Waals surface area contributed by atoms with Gasteiger partial charge in [-0.1, -0.05) is 60.7 Å². The largest absolute Gasteiger partial charge is 0.504 e. The maximum atomic E-state index is 10.3. The van der Waals surface area contributed by atoms with Crippen molar-refractivity contribution in [3.05, 3.63) is 84.7 Å². The molecule has 100 valence electrons. The number of methoxy groups -OCH3 is 1. The highest BCUT2D eigenvalue weighted by molar-refractivity contribution is 5.27. The zero-order valence-corrected chi connectivity index (χ0v) is 11.4. The smallest absolute Gasteiger partial charge is 0.105 e. The Kier molecular flexibility index (Phi) is 6.41.